The van der Waals surface area contributed by atoms with Crippen molar-refractivity contribution >= 4 is 11.6 Å². The van der Waals surface area contributed by atoms with Crippen molar-refractivity contribution in [3.05, 3.63) is 24.3 Å². The molecule has 1 aliphatic rings. The van der Waals surface area contributed by atoms with E-state index in [0.29, 0.717) is 18.2 Å². The van der Waals surface area contributed by atoms with Crippen LogP contribution in [0.15, 0.2) is 24.3 Å². The van der Waals surface area contributed by atoms with E-state index in [1.165, 1.54) is 25.7 Å². The first kappa shape index (κ1) is 13.7. The quantitative estimate of drug-likeness (QED) is 0.936. The van der Waals surface area contributed by atoms with Gasteiger partial charge in [-0.05, 0) is 41.3 Å². The fourth-order valence-corrected chi connectivity index (χ4v) is 2.90. The predicted octanol–water partition coefficient (Wildman–Crippen LogP) is 2.40. The first-order valence-electron chi connectivity index (χ1n) is 7.35. The standard InChI is InChI=1S/C15H19N5O/c1-20-15(17-18-19-20)12-7-4-8-13(10-12)16-14(21)9-11-5-2-3-6-11/h4,7-8,10-11H,2-3,5-6,9H2,1H3,(H,16,21). The van der Waals surface area contributed by atoms with Crippen molar-refractivity contribution in [3.8, 4) is 11.4 Å². The second kappa shape index (κ2) is 6.03. The second-order valence-corrected chi connectivity index (χ2v) is 5.61. The first-order valence-corrected chi connectivity index (χ1v) is 7.35. The molecule has 1 saturated carbocycles. The molecule has 1 heterocycles. The third-order valence-electron chi connectivity index (χ3n) is 3.97. The number of anilines is 1. The number of benzene rings is 1. The van der Waals surface area contributed by atoms with Crippen LogP contribution >= 0.6 is 0 Å². The molecule has 1 aliphatic carbocycles. The number of rotatable bonds is 4. The lowest BCUT2D eigenvalue weighted by Gasteiger charge is -2.10. The number of hydrogen-bond donors (Lipinski definition) is 1. The molecule has 1 aromatic carbocycles. The van der Waals surface area contributed by atoms with Crippen LogP contribution in [0.3, 0.4) is 0 Å². The summed E-state index contributed by atoms with van der Waals surface area (Å²) in [6.07, 6.45) is 5.49. The Hall–Kier alpha value is -2.24. The Morgan fingerprint density at radius 1 is 1.38 bits per heavy atom. The van der Waals surface area contributed by atoms with E-state index in [4.69, 9.17) is 0 Å². The summed E-state index contributed by atoms with van der Waals surface area (Å²) >= 11 is 0. The number of aromatic nitrogens is 4. The van der Waals surface area contributed by atoms with Gasteiger partial charge in [-0.15, -0.1) is 5.10 Å². The smallest absolute Gasteiger partial charge is 0.224 e. The normalized spacial score (nSPS) is 15.3. The molecule has 0 spiro atoms. The number of nitrogens with zero attached hydrogens (tertiary/aromatic N) is 4. The minimum absolute atomic E-state index is 0.0927. The molecule has 0 atom stereocenters. The molecule has 0 saturated heterocycles. The molecule has 1 N–H and O–H groups in total. The van der Waals surface area contributed by atoms with E-state index in [1.54, 1.807) is 11.7 Å². The van der Waals surface area contributed by atoms with Gasteiger partial charge in [0.05, 0.1) is 0 Å². The second-order valence-electron chi connectivity index (χ2n) is 5.61. The molecule has 0 aliphatic heterocycles. The van der Waals surface area contributed by atoms with Gasteiger partial charge in [-0.2, -0.15) is 0 Å². The number of aryl methyl sites for hydroxylation is 1. The van der Waals surface area contributed by atoms with Crippen molar-refractivity contribution in [1.29, 1.82) is 0 Å². The van der Waals surface area contributed by atoms with E-state index >= 15 is 0 Å². The summed E-state index contributed by atoms with van der Waals surface area (Å²) in [6, 6.07) is 7.62. The molecule has 6 heteroatoms. The largest absolute Gasteiger partial charge is 0.326 e. The van der Waals surface area contributed by atoms with Gasteiger partial charge in [0, 0.05) is 24.7 Å². The van der Waals surface area contributed by atoms with Crippen LogP contribution in [0.2, 0.25) is 0 Å². The number of tetrazole rings is 1. The topological polar surface area (TPSA) is 72.7 Å². The molecule has 110 valence electrons. The maximum Gasteiger partial charge on any atom is 0.224 e. The van der Waals surface area contributed by atoms with Gasteiger partial charge in [-0.25, -0.2) is 4.68 Å². The molecule has 3 rings (SSSR count). The molecule has 1 fully saturated rings. The zero-order chi connectivity index (χ0) is 14.7. The third-order valence-corrected chi connectivity index (χ3v) is 3.97. The fraction of sp³-hybridized carbons (Fsp3) is 0.467. The Morgan fingerprint density at radius 3 is 2.90 bits per heavy atom. The summed E-state index contributed by atoms with van der Waals surface area (Å²) in [5.74, 6) is 1.33. The minimum atomic E-state index is 0.0927. The number of carbonyl (C=O) groups excluding carboxylic acids is 1. The maximum absolute atomic E-state index is 12.1. The SMILES string of the molecule is Cn1nnnc1-c1cccc(NC(=O)CC2CCCC2)c1. The lowest BCUT2D eigenvalue weighted by atomic mass is 10.0. The summed E-state index contributed by atoms with van der Waals surface area (Å²) < 4.78 is 1.61. The lowest BCUT2D eigenvalue weighted by Crippen LogP contribution is -2.15. The zero-order valence-corrected chi connectivity index (χ0v) is 12.1. The summed E-state index contributed by atoms with van der Waals surface area (Å²) in [7, 11) is 1.79. The Bertz CT molecular complexity index is 630. The van der Waals surface area contributed by atoms with Crippen LogP contribution in [0.1, 0.15) is 32.1 Å². The van der Waals surface area contributed by atoms with Gasteiger partial charge in [0.1, 0.15) is 0 Å². The molecule has 6 nitrogen and oxygen atoms in total. The molecule has 2 aromatic rings. The number of hydrogen-bond acceptors (Lipinski definition) is 4. The van der Waals surface area contributed by atoms with Crippen LogP contribution in [0, 0.1) is 5.92 Å². The van der Waals surface area contributed by atoms with Gasteiger partial charge >= 0.3 is 0 Å². The maximum atomic E-state index is 12.1. The van der Waals surface area contributed by atoms with E-state index < -0.39 is 0 Å². The van der Waals surface area contributed by atoms with Gasteiger partial charge in [0.2, 0.25) is 5.91 Å². The van der Waals surface area contributed by atoms with Crippen LogP contribution in [0.4, 0.5) is 5.69 Å². The van der Waals surface area contributed by atoms with Crippen LogP contribution in [0.25, 0.3) is 11.4 Å². The summed E-state index contributed by atoms with van der Waals surface area (Å²) in [6.45, 7) is 0. The number of carbonyl (C=O) groups is 1. The third kappa shape index (κ3) is 3.26. The molecular formula is C15H19N5O. The van der Waals surface area contributed by atoms with Crippen molar-refractivity contribution < 1.29 is 4.79 Å². The van der Waals surface area contributed by atoms with E-state index in [0.717, 1.165) is 11.3 Å². The van der Waals surface area contributed by atoms with E-state index in [9.17, 15) is 4.79 Å². The van der Waals surface area contributed by atoms with E-state index in [1.807, 2.05) is 24.3 Å². The Labute approximate surface area is 123 Å². The summed E-state index contributed by atoms with van der Waals surface area (Å²) in [5.41, 5.74) is 1.68. The average molecular weight is 285 g/mol. The van der Waals surface area contributed by atoms with Gasteiger partial charge in [-0.1, -0.05) is 25.0 Å². The Morgan fingerprint density at radius 2 is 2.19 bits per heavy atom. The van der Waals surface area contributed by atoms with Crippen molar-refractivity contribution in [1.82, 2.24) is 20.2 Å². The van der Waals surface area contributed by atoms with Gasteiger partial charge in [0.15, 0.2) is 5.82 Å². The van der Waals surface area contributed by atoms with E-state index in [-0.39, 0.29) is 5.91 Å². The minimum Gasteiger partial charge on any atom is -0.326 e. The van der Waals surface area contributed by atoms with Crippen LogP contribution in [-0.4, -0.2) is 26.1 Å². The average Bonchev–Trinajstić information content (AvgIpc) is 3.10. The molecular weight excluding hydrogens is 266 g/mol. The highest BCUT2D eigenvalue weighted by molar-refractivity contribution is 5.91. The first-order chi connectivity index (χ1) is 10.2. The zero-order valence-electron chi connectivity index (χ0n) is 12.1. The summed E-state index contributed by atoms with van der Waals surface area (Å²) in [4.78, 5) is 12.1. The van der Waals surface area contributed by atoms with Gasteiger partial charge in [-0.3, -0.25) is 4.79 Å². The predicted molar refractivity (Wildman–Crippen MR) is 79.4 cm³/mol. The molecule has 0 bridgehead atoms. The summed E-state index contributed by atoms with van der Waals surface area (Å²) in [5, 5.41) is 14.4. The molecule has 21 heavy (non-hydrogen) atoms. The number of nitrogens with one attached hydrogen (secondary N) is 1. The molecule has 1 amide bonds. The highest BCUT2D eigenvalue weighted by atomic mass is 16.1. The number of amides is 1. The van der Waals surface area contributed by atoms with Crippen molar-refractivity contribution in [3.63, 3.8) is 0 Å². The molecule has 1 aromatic heterocycles. The van der Waals surface area contributed by atoms with Crippen molar-refractivity contribution in [2.24, 2.45) is 13.0 Å². The van der Waals surface area contributed by atoms with Crippen LogP contribution in [0.5, 0.6) is 0 Å². The van der Waals surface area contributed by atoms with Crippen molar-refractivity contribution in [2.45, 2.75) is 32.1 Å². The van der Waals surface area contributed by atoms with Gasteiger partial charge in [0.25, 0.3) is 0 Å². The lowest BCUT2D eigenvalue weighted by molar-refractivity contribution is -0.117. The monoisotopic (exact) mass is 285 g/mol. The Balaban J connectivity index is 1.68. The molecule has 0 unspecified atom stereocenters. The fourth-order valence-electron chi connectivity index (χ4n) is 2.90. The molecule has 0 radical (unpaired) electrons. The van der Waals surface area contributed by atoms with E-state index in [2.05, 4.69) is 20.8 Å². The van der Waals surface area contributed by atoms with Crippen molar-refractivity contribution in [2.75, 3.05) is 5.32 Å². The Kier molecular flexibility index (Phi) is 3.94. The van der Waals surface area contributed by atoms with Crippen LogP contribution in [-0.2, 0) is 11.8 Å². The van der Waals surface area contributed by atoms with Crippen LogP contribution < -0.4 is 5.32 Å². The highest BCUT2D eigenvalue weighted by Crippen LogP contribution is 2.28. The van der Waals surface area contributed by atoms with Gasteiger partial charge < -0.3 is 5.32 Å². The highest BCUT2D eigenvalue weighted by Gasteiger charge is 2.18.